The van der Waals surface area contributed by atoms with E-state index in [1.165, 1.54) is 25.4 Å². The molecule has 0 bridgehead atoms. The molecule has 0 spiro atoms. The van der Waals surface area contributed by atoms with E-state index in [0.29, 0.717) is 17.0 Å². The van der Waals surface area contributed by atoms with E-state index in [2.05, 4.69) is 24.4 Å². The van der Waals surface area contributed by atoms with Crippen molar-refractivity contribution >= 4 is 22.2 Å². The number of hydrogen-bond donors (Lipinski definition) is 1. The summed E-state index contributed by atoms with van der Waals surface area (Å²) < 4.78 is 66.4. The third-order valence-electron chi connectivity index (χ3n) is 3.78. The van der Waals surface area contributed by atoms with Gasteiger partial charge in [0.05, 0.1) is 23.8 Å². The molecule has 2 aromatic heterocycles. The van der Waals surface area contributed by atoms with Crippen molar-refractivity contribution in [2.45, 2.75) is 23.4 Å². The van der Waals surface area contributed by atoms with Crippen molar-refractivity contribution in [2.24, 2.45) is 0 Å². The molecule has 3 heterocycles. The molecule has 0 saturated heterocycles. The van der Waals surface area contributed by atoms with Gasteiger partial charge < -0.3 is 18.8 Å². The highest BCUT2D eigenvalue weighted by molar-refractivity contribution is 7.90. The molecule has 0 fully saturated rings. The van der Waals surface area contributed by atoms with Crippen LogP contribution in [0.5, 0.6) is 17.2 Å². The van der Waals surface area contributed by atoms with Gasteiger partial charge in [-0.25, -0.2) is 0 Å². The predicted octanol–water partition coefficient (Wildman–Crippen LogP) is 2.93. The van der Waals surface area contributed by atoms with E-state index < -0.39 is 23.6 Å². The lowest BCUT2D eigenvalue weighted by molar-refractivity contribution is -0.281. The zero-order valence-electron chi connectivity index (χ0n) is 13.7. The third kappa shape index (κ3) is 3.35. The number of fused-ring (bicyclic) bond motifs is 2. The summed E-state index contributed by atoms with van der Waals surface area (Å²) in [7, 11) is 1.51. The maximum atomic E-state index is 13.3. The minimum absolute atomic E-state index is 0.0639. The minimum Gasteiger partial charge on any atom is -0.609 e. The molecule has 142 valence electrons. The summed E-state index contributed by atoms with van der Waals surface area (Å²) in [5, 5.41) is 0.112. The monoisotopic (exact) mass is 399 g/mol. The van der Waals surface area contributed by atoms with Gasteiger partial charge in [-0.3, -0.25) is 9.97 Å². The molecule has 7 nitrogen and oxygen atoms in total. The number of pyridine rings is 1. The Labute approximate surface area is 153 Å². The summed E-state index contributed by atoms with van der Waals surface area (Å²) in [4.78, 5) is 11.1. The number of nitrogens with one attached hydrogen (secondary N) is 1. The van der Waals surface area contributed by atoms with E-state index in [9.17, 15) is 17.7 Å². The van der Waals surface area contributed by atoms with Gasteiger partial charge in [-0.1, -0.05) is 0 Å². The molecule has 1 aliphatic heterocycles. The lowest BCUT2D eigenvalue weighted by atomic mass is 10.2. The second-order valence-corrected chi connectivity index (χ2v) is 7.00. The van der Waals surface area contributed by atoms with Gasteiger partial charge in [-0.05, 0) is 6.07 Å². The standard InChI is InChI=1S/C16H12F3N3O4S/c1-24-9-2-3-20-8(4-9)7-27(23)15-21-10-5-12-13(6-11(10)22-15)26-16(18,19)14(17)25-12/h2-6,14H,7H2,1H3,(H,21,22). The number of aromatic nitrogens is 3. The van der Waals surface area contributed by atoms with Crippen molar-refractivity contribution in [3.63, 3.8) is 0 Å². The number of H-pyrrole nitrogens is 1. The van der Waals surface area contributed by atoms with Crippen molar-refractivity contribution in [2.75, 3.05) is 7.11 Å². The minimum atomic E-state index is -4.10. The summed E-state index contributed by atoms with van der Waals surface area (Å²) >= 11 is -1.59. The fraction of sp³-hybridized carbons (Fsp3) is 0.250. The highest BCUT2D eigenvalue weighted by Crippen LogP contribution is 2.42. The van der Waals surface area contributed by atoms with Crippen LogP contribution in [0.3, 0.4) is 0 Å². The van der Waals surface area contributed by atoms with Gasteiger partial charge in [-0.15, -0.1) is 0 Å². The number of halogens is 3. The summed E-state index contributed by atoms with van der Waals surface area (Å²) in [6.07, 6.45) is -5.49. The van der Waals surface area contributed by atoms with Crippen LogP contribution in [0.1, 0.15) is 5.69 Å². The number of rotatable bonds is 4. The largest absolute Gasteiger partial charge is 0.609 e. The summed E-state index contributed by atoms with van der Waals surface area (Å²) in [6, 6.07) is 5.74. The van der Waals surface area contributed by atoms with Crippen LogP contribution in [0.15, 0.2) is 35.6 Å². The van der Waals surface area contributed by atoms with E-state index in [1.54, 1.807) is 12.1 Å². The van der Waals surface area contributed by atoms with Crippen LogP contribution >= 0.6 is 0 Å². The van der Waals surface area contributed by atoms with Crippen LogP contribution in [0.25, 0.3) is 11.0 Å². The molecule has 1 aliphatic rings. The molecule has 0 aliphatic carbocycles. The van der Waals surface area contributed by atoms with Gasteiger partial charge in [0.25, 0.3) is 0 Å². The number of alkyl halides is 3. The van der Waals surface area contributed by atoms with E-state index >= 15 is 0 Å². The van der Waals surface area contributed by atoms with Crippen LogP contribution in [0, 0.1) is 0 Å². The Morgan fingerprint density at radius 3 is 2.93 bits per heavy atom. The molecule has 4 rings (SSSR count). The fourth-order valence-corrected chi connectivity index (χ4v) is 3.50. The molecule has 2 atom stereocenters. The van der Waals surface area contributed by atoms with E-state index in [0.717, 1.165) is 0 Å². The van der Waals surface area contributed by atoms with E-state index in [-0.39, 0.29) is 27.9 Å². The van der Waals surface area contributed by atoms with Gasteiger partial charge in [0.1, 0.15) is 5.75 Å². The molecule has 0 amide bonds. The molecule has 1 N–H and O–H groups in total. The fourth-order valence-electron chi connectivity index (χ4n) is 2.51. The Bertz CT molecular complexity index is 1000. The highest BCUT2D eigenvalue weighted by Gasteiger charge is 2.49. The van der Waals surface area contributed by atoms with Crippen LogP contribution in [-0.2, 0) is 16.9 Å². The zero-order chi connectivity index (χ0) is 19.2. The quantitative estimate of drug-likeness (QED) is 0.679. The second-order valence-electron chi connectivity index (χ2n) is 5.63. The van der Waals surface area contributed by atoms with E-state index in [1.807, 2.05) is 0 Å². The normalized spacial score (nSPS) is 19.1. The summed E-state index contributed by atoms with van der Waals surface area (Å²) in [6.45, 7) is 0. The van der Waals surface area contributed by atoms with Gasteiger partial charge in [0.15, 0.2) is 17.3 Å². The maximum Gasteiger partial charge on any atom is 0.468 e. The van der Waals surface area contributed by atoms with Crippen LogP contribution in [-0.4, -0.2) is 39.1 Å². The van der Waals surface area contributed by atoms with Gasteiger partial charge in [0, 0.05) is 35.6 Å². The van der Waals surface area contributed by atoms with Crippen molar-refractivity contribution in [3.05, 3.63) is 36.2 Å². The number of hydrogen-bond acceptors (Lipinski definition) is 6. The first kappa shape index (κ1) is 17.7. The first-order valence-corrected chi connectivity index (χ1v) is 8.96. The lowest BCUT2D eigenvalue weighted by Crippen LogP contribution is -2.43. The van der Waals surface area contributed by atoms with Crippen molar-refractivity contribution < 1.29 is 31.9 Å². The molecule has 2 unspecified atom stereocenters. The smallest absolute Gasteiger partial charge is 0.468 e. The molecule has 1 aromatic carbocycles. The van der Waals surface area contributed by atoms with E-state index in [4.69, 9.17) is 4.74 Å². The lowest BCUT2D eigenvalue weighted by Gasteiger charge is -2.28. The average molecular weight is 399 g/mol. The van der Waals surface area contributed by atoms with Gasteiger partial charge in [-0.2, -0.15) is 18.2 Å². The molecule has 0 saturated carbocycles. The Hall–Kier alpha value is -2.66. The second kappa shape index (κ2) is 6.50. The highest BCUT2D eigenvalue weighted by atomic mass is 32.2. The van der Waals surface area contributed by atoms with Crippen molar-refractivity contribution in [3.8, 4) is 17.2 Å². The molecular formula is C16H12F3N3O4S. The molecule has 11 heteroatoms. The first-order chi connectivity index (χ1) is 12.9. The van der Waals surface area contributed by atoms with Crippen molar-refractivity contribution in [1.29, 1.82) is 0 Å². The predicted molar refractivity (Wildman–Crippen MR) is 88.1 cm³/mol. The zero-order valence-corrected chi connectivity index (χ0v) is 14.6. The van der Waals surface area contributed by atoms with Crippen LogP contribution in [0.2, 0.25) is 0 Å². The molecule has 27 heavy (non-hydrogen) atoms. The number of ether oxygens (including phenoxy) is 3. The topological polar surface area (TPSA) is 92.3 Å². The van der Waals surface area contributed by atoms with Crippen LogP contribution < -0.4 is 14.2 Å². The number of aromatic amines is 1. The van der Waals surface area contributed by atoms with Gasteiger partial charge >= 0.3 is 17.6 Å². The third-order valence-corrected chi connectivity index (χ3v) is 4.97. The maximum absolute atomic E-state index is 13.3. The Morgan fingerprint density at radius 1 is 1.33 bits per heavy atom. The number of imidazole rings is 1. The Kier molecular flexibility index (Phi) is 4.27. The first-order valence-electron chi connectivity index (χ1n) is 7.64. The van der Waals surface area contributed by atoms with Crippen molar-refractivity contribution in [1.82, 2.24) is 15.0 Å². The number of nitrogens with zero attached hydrogens (tertiary/aromatic N) is 2. The summed E-state index contributed by atoms with van der Waals surface area (Å²) in [5.74, 6) is 0.0929. The molecular weight excluding hydrogens is 387 g/mol. The number of methoxy groups -OCH3 is 1. The summed E-state index contributed by atoms with van der Waals surface area (Å²) in [5.41, 5.74) is 1.10. The Balaban J connectivity index is 1.61. The molecule has 3 aromatic rings. The Morgan fingerprint density at radius 2 is 2.15 bits per heavy atom. The molecule has 0 radical (unpaired) electrons. The van der Waals surface area contributed by atoms with Crippen LogP contribution in [0.4, 0.5) is 13.2 Å². The van der Waals surface area contributed by atoms with Gasteiger partial charge in [0.2, 0.25) is 0 Å². The average Bonchev–Trinajstić information content (AvgIpc) is 3.04. The number of benzene rings is 1. The SMILES string of the molecule is COc1ccnc(C[S+]([O-])c2nc3cc4c(cc3[nH]2)OC(F)C(F)(F)O4)c1.